The van der Waals surface area contributed by atoms with Crippen molar-refractivity contribution in [3.05, 3.63) is 18.1 Å². The maximum absolute atomic E-state index is 7.67. The zero-order chi connectivity index (χ0) is 9.42. The van der Waals surface area contributed by atoms with Crippen molar-refractivity contribution in [2.45, 2.75) is 0 Å². The quantitative estimate of drug-likeness (QED) is 0.629. The molecule has 2 aromatic heterocycles. The lowest BCUT2D eigenvalue weighted by Gasteiger charge is -2.02. The molecule has 6 nitrogen and oxygen atoms in total. The van der Waals surface area contributed by atoms with Crippen molar-refractivity contribution in [3.8, 4) is 0 Å². The van der Waals surface area contributed by atoms with Crippen molar-refractivity contribution in [1.82, 2.24) is 19.3 Å². The van der Waals surface area contributed by atoms with Crippen LogP contribution in [0.15, 0.2) is 12.7 Å². The minimum Gasteiger partial charge on any atom is -0.414 e. The Morgan fingerprint density at radius 2 is 2.15 bits per heavy atom. The van der Waals surface area contributed by atoms with E-state index < -0.39 is 0 Å². The molecule has 2 rings (SSSR count). The van der Waals surface area contributed by atoms with Crippen molar-refractivity contribution in [3.63, 3.8) is 0 Å². The fraction of sp³-hybridized carbons (Fsp3) is 0.286. The van der Waals surface area contributed by atoms with E-state index in [2.05, 4.69) is 9.97 Å². The smallest absolute Gasteiger partial charge is 0.192 e. The number of fused-ring (bicyclic) bond motifs is 1. The number of hydrogen-bond donors (Lipinski definition) is 1. The van der Waals surface area contributed by atoms with Gasteiger partial charge in [-0.05, 0) is 0 Å². The molecule has 6 heteroatoms. The van der Waals surface area contributed by atoms with Crippen LogP contribution in [0.2, 0.25) is 0 Å². The number of nitrogens with one attached hydrogen (secondary N) is 1. The van der Waals surface area contributed by atoms with Crippen LogP contribution in [0.5, 0.6) is 0 Å². The highest BCUT2D eigenvalue weighted by atomic mass is 16.6. The molecule has 0 saturated carbocycles. The van der Waals surface area contributed by atoms with Crippen LogP contribution in [0.3, 0.4) is 0 Å². The number of aryl methyl sites for hydroxylation is 1. The van der Waals surface area contributed by atoms with Crippen LogP contribution in [0.4, 0.5) is 0 Å². The summed E-state index contributed by atoms with van der Waals surface area (Å²) < 4.78 is 3.02. The van der Waals surface area contributed by atoms with Crippen LogP contribution in [-0.4, -0.2) is 26.4 Å². The maximum atomic E-state index is 7.67. The van der Waals surface area contributed by atoms with Crippen molar-refractivity contribution >= 4 is 11.2 Å². The number of imidazole rings is 1. The summed E-state index contributed by atoms with van der Waals surface area (Å²) in [6, 6.07) is 0. The van der Waals surface area contributed by atoms with Gasteiger partial charge in [0.25, 0.3) is 0 Å². The van der Waals surface area contributed by atoms with Gasteiger partial charge < -0.3 is 9.40 Å². The summed E-state index contributed by atoms with van der Waals surface area (Å²) in [7, 11) is 3.31. The SMILES string of the molecule is COn1cnc2c(ncn2C)c1=N. The van der Waals surface area contributed by atoms with E-state index in [0.29, 0.717) is 11.2 Å². The maximum Gasteiger partial charge on any atom is 0.192 e. The molecule has 0 bridgehead atoms. The third-order valence-corrected chi connectivity index (χ3v) is 1.83. The third-order valence-electron chi connectivity index (χ3n) is 1.83. The van der Waals surface area contributed by atoms with Crippen LogP contribution in [0.1, 0.15) is 0 Å². The van der Waals surface area contributed by atoms with Gasteiger partial charge >= 0.3 is 0 Å². The Bertz CT molecular complexity index is 497. The highest BCUT2D eigenvalue weighted by Crippen LogP contribution is 2.00. The third kappa shape index (κ3) is 0.986. The van der Waals surface area contributed by atoms with Crippen molar-refractivity contribution in [2.75, 3.05) is 7.11 Å². The molecule has 2 aromatic rings. The standard InChI is InChI=1S/C7H9N5O/c1-11-3-9-5-6(8)12(13-2)4-10-7(5)11/h3-4,8H,1-2H3. The molecule has 13 heavy (non-hydrogen) atoms. The van der Waals surface area contributed by atoms with Gasteiger partial charge in [-0.2, -0.15) is 4.73 Å². The zero-order valence-electron chi connectivity index (χ0n) is 7.35. The summed E-state index contributed by atoms with van der Waals surface area (Å²) >= 11 is 0. The second-order valence-corrected chi connectivity index (χ2v) is 2.63. The molecule has 0 aliphatic carbocycles. The molecule has 2 heterocycles. The zero-order valence-corrected chi connectivity index (χ0v) is 7.35. The second-order valence-electron chi connectivity index (χ2n) is 2.63. The van der Waals surface area contributed by atoms with Crippen molar-refractivity contribution in [1.29, 1.82) is 5.41 Å². The molecule has 1 N–H and O–H groups in total. The molecule has 0 saturated heterocycles. The first-order valence-corrected chi connectivity index (χ1v) is 3.72. The van der Waals surface area contributed by atoms with Gasteiger partial charge in [0.05, 0.1) is 6.33 Å². The Morgan fingerprint density at radius 1 is 1.38 bits per heavy atom. The van der Waals surface area contributed by atoms with Crippen LogP contribution in [0, 0.1) is 5.41 Å². The number of rotatable bonds is 1. The summed E-state index contributed by atoms with van der Waals surface area (Å²) in [4.78, 5) is 13.0. The van der Waals surface area contributed by atoms with E-state index in [1.165, 1.54) is 18.2 Å². The van der Waals surface area contributed by atoms with E-state index in [9.17, 15) is 0 Å². The monoisotopic (exact) mass is 179 g/mol. The molecule has 0 aliphatic heterocycles. The highest BCUT2D eigenvalue weighted by molar-refractivity contribution is 5.68. The van der Waals surface area contributed by atoms with Gasteiger partial charge in [-0.3, -0.25) is 5.41 Å². The van der Waals surface area contributed by atoms with Crippen molar-refractivity contribution in [2.24, 2.45) is 7.05 Å². The average Bonchev–Trinajstić information content (AvgIpc) is 2.50. The van der Waals surface area contributed by atoms with Gasteiger partial charge in [0.2, 0.25) is 0 Å². The predicted molar refractivity (Wildman–Crippen MR) is 44.9 cm³/mol. The Balaban J connectivity index is 2.88. The van der Waals surface area contributed by atoms with Gasteiger partial charge in [0.1, 0.15) is 13.4 Å². The van der Waals surface area contributed by atoms with Crippen LogP contribution >= 0.6 is 0 Å². The Morgan fingerprint density at radius 3 is 2.85 bits per heavy atom. The summed E-state index contributed by atoms with van der Waals surface area (Å²) in [6.45, 7) is 0. The minimum atomic E-state index is 0.202. The van der Waals surface area contributed by atoms with Gasteiger partial charge in [0, 0.05) is 7.05 Å². The summed E-state index contributed by atoms with van der Waals surface area (Å²) in [5.74, 6) is 0. The molecular weight excluding hydrogens is 170 g/mol. The number of nitrogens with zero attached hydrogens (tertiary/aromatic N) is 4. The highest BCUT2D eigenvalue weighted by Gasteiger charge is 2.04. The molecule has 0 atom stereocenters. The number of hydrogen-bond acceptors (Lipinski definition) is 4. The molecule has 0 amide bonds. The predicted octanol–water partition coefficient (Wildman–Crippen LogP) is -0.692. The average molecular weight is 179 g/mol. The Hall–Kier alpha value is -1.85. The van der Waals surface area contributed by atoms with E-state index in [1.807, 2.05) is 7.05 Å². The fourth-order valence-corrected chi connectivity index (χ4v) is 1.15. The van der Waals surface area contributed by atoms with E-state index >= 15 is 0 Å². The number of aromatic nitrogens is 4. The van der Waals surface area contributed by atoms with Gasteiger partial charge in [-0.15, -0.1) is 0 Å². The molecular formula is C7H9N5O. The normalized spacial score (nSPS) is 10.6. The fourth-order valence-electron chi connectivity index (χ4n) is 1.15. The molecule has 68 valence electrons. The Kier molecular flexibility index (Phi) is 1.54. The molecule has 0 radical (unpaired) electrons. The van der Waals surface area contributed by atoms with E-state index in [0.717, 1.165) is 0 Å². The minimum absolute atomic E-state index is 0.202. The van der Waals surface area contributed by atoms with Crippen molar-refractivity contribution < 1.29 is 4.84 Å². The van der Waals surface area contributed by atoms with E-state index in [1.54, 1.807) is 10.9 Å². The van der Waals surface area contributed by atoms with Crippen LogP contribution < -0.4 is 10.3 Å². The van der Waals surface area contributed by atoms with E-state index in [-0.39, 0.29) is 5.49 Å². The first-order valence-electron chi connectivity index (χ1n) is 3.72. The molecule has 0 spiro atoms. The summed E-state index contributed by atoms with van der Waals surface area (Å²) in [5.41, 5.74) is 1.42. The first-order chi connectivity index (χ1) is 6.24. The van der Waals surface area contributed by atoms with Gasteiger partial charge in [-0.1, -0.05) is 0 Å². The summed E-state index contributed by atoms with van der Waals surface area (Å²) in [5, 5.41) is 7.67. The Labute approximate surface area is 73.9 Å². The lowest BCUT2D eigenvalue weighted by Crippen LogP contribution is -2.25. The lowest BCUT2D eigenvalue weighted by atomic mass is 10.5. The molecule has 0 aliphatic rings. The second kappa shape index (κ2) is 2.58. The molecule has 0 unspecified atom stereocenters. The first kappa shape index (κ1) is 7.78. The molecule has 0 fully saturated rings. The van der Waals surface area contributed by atoms with Gasteiger partial charge in [0.15, 0.2) is 16.7 Å². The largest absolute Gasteiger partial charge is 0.414 e. The van der Waals surface area contributed by atoms with Crippen LogP contribution in [-0.2, 0) is 7.05 Å². The molecule has 0 aromatic carbocycles. The topological polar surface area (TPSA) is 68.7 Å². The van der Waals surface area contributed by atoms with E-state index in [4.69, 9.17) is 10.2 Å². The summed E-state index contributed by atoms with van der Waals surface area (Å²) in [6.07, 6.45) is 3.07. The van der Waals surface area contributed by atoms with Gasteiger partial charge in [-0.25, -0.2) is 9.97 Å². The lowest BCUT2D eigenvalue weighted by molar-refractivity contribution is 0.151. The van der Waals surface area contributed by atoms with Crippen LogP contribution in [0.25, 0.3) is 11.2 Å².